The Morgan fingerprint density at radius 1 is 1.11 bits per heavy atom. The molecule has 0 saturated carbocycles. The van der Waals surface area contributed by atoms with E-state index < -0.39 is 0 Å². The van der Waals surface area contributed by atoms with Crippen LogP contribution in [-0.4, -0.2) is 0 Å². The van der Waals surface area contributed by atoms with Crippen LogP contribution in [0.3, 0.4) is 0 Å². The zero-order valence-corrected chi connectivity index (χ0v) is 10.5. The van der Waals surface area contributed by atoms with Crippen molar-refractivity contribution >= 4 is 11.0 Å². The summed E-state index contributed by atoms with van der Waals surface area (Å²) in [7, 11) is 0. The molecule has 0 radical (unpaired) electrons. The van der Waals surface area contributed by atoms with Crippen molar-refractivity contribution in [1.82, 2.24) is 0 Å². The van der Waals surface area contributed by atoms with Crippen molar-refractivity contribution in [2.24, 2.45) is 0 Å². The van der Waals surface area contributed by atoms with Gasteiger partial charge >= 0.3 is 0 Å². The fraction of sp³-hybridized carbons (Fsp3) is 0.125. The second-order valence-electron chi connectivity index (χ2n) is 4.42. The topological polar surface area (TPSA) is 22.4 Å². The Balaban J connectivity index is 1.83. The molecule has 1 aromatic heterocycles. The van der Waals surface area contributed by atoms with E-state index in [1.54, 1.807) is 18.2 Å². The number of benzene rings is 2. The highest BCUT2D eigenvalue weighted by Crippen LogP contribution is 2.24. The number of ether oxygens (including phenoxy) is 1. The van der Waals surface area contributed by atoms with Gasteiger partial charge in [0.05, 0.1) is 5.39 Å². The molecule has 1 heterocycles. The number of furan rings is 1. The first-order valence-electron chi connectivity index (χ1n) is 6.09. The number of halogens is 1. The molecule has 96 valence electrons. The van der Waals surface area contributed by atoms with E-state index in [0.717, 1.165) is 11.3 Å². The summed E-state index contributed by atoms with van der Waals surface area (Å²) in [5.41, 5.74) is 1.60. The van der Waals surface area contributed by atoms with Crippen LogP contribution in [0.15, 0.2) is 52.9 Å². The number of fused-ring (bicyclic) bond motifs is 1. The molecule has 2 aromatic carbocycles. The van der Waals surface area contributed by atoms with Gasteiger partial charge in [-0.3, -0.25) is 0 Å². The molecule has 0 spiro atoms. The summed E-state index contributed by atoms with van der Waals surface area (Å²) in [6.07, 6.45) is 0. The maximum Gasteiger partial charge on any atom is 0.146 e. The van der Waals surface area contributed by atoms with Crippen molar-refractivity contribution < 1.29 is 13.5 Å². The second-order valence-corrected chi connectivity index (χ2v) is 4.42. The third kappa shape index (κ3) is 2.32. The minimum atomic E-state index is -0.275. The monoisotopic (exact) mass is 256 g/mol. The Morgan fingerprint density at radius 3 is 2.74 bits per heavy atom. The highest BCUT2D eigenvalue weighted by molar-refractivity contribution is 5.78. The average molecular weight is 256 g/mol. The first-order valence-corrected chi connectivity index (χ1v) is 6.09. The molecule has 3 aromatic rings. The molecule has 3 rings (SSSR count). The Labute approximate surface area is 110 Å². The number of hydrogen-bond donors (Lipinski definition) is 0. The van der Waals surface area contributed by atoms with Gasteiger partial charge < -0.3 is 9.15 Å². The summed E-state index contributed by atoms with van der Waals surface area (Å²) in [6, 6.07) is 14.2. The molecule has 0 aliphatic rings. The van der Waals surface area contributed by atoms with Gasteiger partial charge in [0.2, 0.25) is 0 Å². The van der Waals surface area contributed by atoms with Crippen molar-refractivity contribution in [3.63, 3.8) is 0 Å². The maximum atomic E-state index is 13.5. The number of rotatable bonds is 3. The van der Waals surface area contributed by atoms with Crippen LogP contribution in [0.5, 0.6) is 5.75 Å². The minimum Gasteiger partial charge on any atom is -0.485 e. The zero-order valence-electron chi connectivity index (χ0n) is 10.5. The van der Waals surface area contributed by atoms with Gasteiger partial charge in [-0.1, -0.05) is 24.3 Å². The van der Waals surface area contributed by atoms with E-state index in [2.05, 4.69) is 0 Å². The molecule has 0 atom stereocenters. The highest BCUT2D eigenvalue weighted by Gasteiger charge is 2.08. The Hall–Kier alpha value is -2.29. The fourth-order valence-electron chi connectivity index (χ4n) is 2.02. The number of para-hydroxylation sites is 1. The molecule has 2 nitrogen and oxygen atoms in total. The lowest BCUT2D eigenvalue weighted by Crippen LogP contribution is -1.95. The van der Waals surface area contributed by atoms with Gasteiger partial charge in [0.1, 0.15) is 29.5 Å². The van der Waals surface area contributed by atoms with Gasteiger partial charge in [-0.25, -0.2) is 4.39 Å². The molecule has 0 saturated heterocycles. The van der Waals surface area contributed by atoms with Crippen LogP contribution in [0.4, 0.5) is 4.39 Å². The molecule has 19 heavy (non-hydrogen) atoms. The van der Waals surface area contributed by atoms with Crippen LogP contribution >= 0.6 is 0 Å². The standard InChI is InChI=1S/C16H13FO2/c1-11-5-2-3-7-15(11)18-10-12-9-13-14(17)6-4-8-16(13)19-12/h2-9H,10H2,1H3. The summed E-state index contributed by atoms with van der Waals surface area (Å²) in [4.78, 5) is 0. The van der Waals surface area contributed by atoms with Crippen molar-refractivity contribution in [2.75, 3.05) is 0 Å². The van der Waals surface area contributed by atoms with Gasteiger partial charge in [-0.2, -0.15) is 0 Å². The zero-order chi connectivity index (χ0) is 13.2. The molecular weight excluding hydrogens is 243 g/mol. The molecule has 0 amide bonds. The number of hydrogen-bond acceptors (Lipinski definition) is 2. The van der Waals surface area contributed by atoms with Crippen LogP contribution in [-0.2, 0) is 6.61 Å². The molecule has 0 N–H and O–H groups in total. The Bertz CT molecular complexity index is 716. The summed E-state index contributed by atoms with van der Waals surface area (Å²) in [5, 5.41) is 0.492. The Kier molecular flexibility index (Phi) is 2.95. The van der Waals surface area contributed by atoms with Crippen LogP contribution in [0.25, 0.3) is 11.0 Å². The van der Waals surface area contributed by atoms with Crippen molar-refractivity contribution in [3.8, 4) is 5.75 Å². The maximum absolute atomic E-state index is 13.5. The van der Waals surface area contributed by atoms with Gasteiger partial charge in [0.25, 0.3) is 0 Å². The Morgan fingerprint density at radius 2 is 1.95 bits per heavy atom. The SMILES string of the molecule is Cc1ccccc1OCc1cc2c(F)cccc2o1. The number of aryl methyl sites for hydroxylation is 1. The first kappa shape index (κ1) is 11.8. The largest absolute Gasteiger partial charge is 0.485 e. The molecule has 0 fully saturated rings. The van der Waals surface area contributed by atoms with Gasteiger partial charge in [-0.15, -0.1) is 0 Å². The summed E-state index contributed by atoms with van der Waals surface area (Å²) in [6.45, 7) is 2.27. The third-order valence-electron chi connectivity index (χ3n) is 3.02. The molecule has 3 heteroatoms. The molecule has 0 aliphatic carbocycles. The fourth-order valence-corrected chi connectivity index (χ4v) is 2.02. The molecule has 0 unspecified atom stereocenters. The van der Waals surface area contributed by atoms with Gasteiger partial charge in [0.15, 0.2) is 0 Å². The van der Waals surface area contributed by atoms with E-state index in [1.165, 1.54) is 6.07 Å². The molecule has 0 aliphatic heterocycles. The lowest BCUT2D eigenvalue weighted by Gasteiger charge is -2.06. The average Bonchev–Trinajstić information content (AvgIpc) is 2.82. The molecule has 0 bridgehead atoms. The third-order valence-corrected chi connectivity index (χ3v) is 3.02. The highest BCUT2D eigenvalue weighted by atomic mass is 19.1. The molecular formula is C16H13FO2. The first-order chi connectivity index (χ1) is 9.24. The van der Waals surface area contributed by atoms with E-state index >= 15 is 0 Å². The van der Waals surface area contributed by atoms with E-state index in [0.29, 0.717) is 23.3 Å². The van der Waals surface area contributed by atoms with Crippen molar-refractivity contribution in [3.05, 3.63) is 65.7 Å². The lowest BCUT2D eigenvalue weighted by molar-refractivity contribution is 0.273. The van der Waals surface area contributed by atoms with E-state index in [4.69, 9.17) is 9.15 Å². The van der Waals surface area contributed by atoms with Gasteiger partial charge in [0, 0.05) is 0 Å². The quantitative estimate of drug-likeness (QED) is 0.690. The minimum absolute atomic E-state index is 0.275. The predicted octanol–water partition coefficient (Wildman–Crippen LogP) is 4.46. The van der Waals surface area contributed by atoms with E-state index in [-0.39, 0.29) is 5.82 Å². The summed E-state index contributed by atoms with van der Waals surface area (Å²) in [5.74, 6) is 1.15. The van der Waals surface area contributed by atoms with Crippen molar-refractivity contribution in [2.45, 2.75) is 13.5 Å². The van der Waals surface area contributed by atoms with Crippen LogP contribution in [0.1, 0.15) is 11.3 Å². The van der Waals surface area contributed by atoms with Gasteiger partial charge in [-0.05, 0) is 36.8 Å². The van der Waals surface area contributed by atoms with E-state index in [9.17, 15) is 4.39 Å². The van der Waals surface area contributed by atoms with E-state index in [1.807, 2.05) is 31.2 Å². The summed E-state index contributed by atoms with van der Waals surface area (Å²) < 4.78 is 24.7. The lowest BCUT2D eigenvalue weighted by atomic mass is 10.2. The van der Waals surface area contributed by atoms with Crippen LogP contribution in [0.2, 0.25) is 0 Å². The van der Waals surface area contributed by atoms with Crippen LogP contribution in [0, 0.1) is 12.7 Å². The second kappa shape index (κ2) is 4.76. The van der Waals surface area contributed by atoms with Crippen LogP contribution < -0.4 is 4.74 Å². The summed E-state index contributed by atoms with van der Waals surface area (Å²) >= 11 is 0. The smallest absolute Gasteiger partial charge is 0.146 e. The predicted molar refractivity (Wildman–Crippen MR) is 71.7 cm³/mol. The van der Waals surface area contributed by atoms with Crippen molar-refractivity contribution in [1.29, 1.82) is 0 Å². The normalized spacial score (nSPS) is 10.8.